The molecule has 1 aromatic carbocycles. The second-order valence-electron chi connectivity index (χ2n) is 3.71. The molecule has 0 unspecified atom stereocenters. The molecule has 1 aliphatic heterocycles. The summed E-state index contributed by atoms with van der Waals surface area (Å²) in [5.41, 5.74) is 0.583. The Bertz CT molecular complexity index is 342. The minimum Gasteiger partial charge on any atom is -0.508 e. The largest absolute Gasteiger partial charge is 0.508 e. The van der Waals surface area contributed by atoms with Crippen molar-refractivity contribution >= 4 is 5.91 Å². The average Bonchev–Trinajstić information content (AvgIpc) is 2.71. The molecule has 2 rings (SSSR count). The van der Waals surface area contributed by atoms with Gasteiger partial charge in [-0.05, 0) is 37.2 Å². The van der Waals surface area contributed by atoms with Crippen molar-refractivity contribution in [1.82, 2.24) is 10.6 Å². The van der Waals surface area contributed by atoms with Crippen LogP contribution >= 0.6 is 0 Å². The molecule has 4 heteroatoms. The van der Waals surface area contributed by atoms with Crippen LogP contribution in [0.3, 0.4) is 0 Å². The molecule has 1 atom stereocenters. The van der Waals surface area contributed by atoms with Crippen LogP contribution in [0.15, 0.2) is 24.3 Å². The SMILES string of the molecule is O=C(N[C@@H]1CCNC1)c1ccc(O)cc1. The number of nitrogens with one attached hydrogen (secondary N) is 2. The van der Waals surface area contributed by atoms with Gasteiger partial charge < -0.3 is 15.7 Å². The van der Waals surface area contributed by atoms with Crippen molar-refractivity contribution in [3.05, 3.63) is 29.8 Å². The maximum absolute atomic E-state index is 11.7. The van der Waals surface area contributed by atoms with Crippen LogP contribution in [-0.2, 0) is 0 Å². The lowest BCUT2D eigenvalue weighted by Gasteiger charge is -2.10. The molecule has 1 aliphatic rings. The Balaban J connectivity index is 1.98. The van der Waals surface area contributed by atoms with Crippen LogP contribution < -0.4 is 10.6 Å². The van der Waals surface area contributed by atoms with E-state index in [-0.39, 0.29) is 17.7 Å². The van der Waals surface area contributed by atoms with Crippen LogP contribution in [0.1, 0.15) is 16.8 Å². The van der Waals surface area contributed by atoms with Gasteiger partial charge in [0, 0.05) is 18.2 Å². The molecule has 4 nitrogen and oxygen atoms in total. The molecule has 1 amide bonds. The molecular weight excluding hydrogens is 192 g/mol. The number of amides is 1. The molecule has 0 aliphatic carbocycles. The first-order chi connectivity index (χ1) is 7.25. The van der Waals surface area contributed by atoms with E-state index < -0.39 is 0 Å². The molecule has 0 aromatic heterocycles. The summed E-state index contributed by atoms with van der Waals surface area (Å²) in [6, 6.07) is 6.50. The summed E-state index contributed by atoms with van der Waals surface area (Å²) in [5.74, 6) is 0.0952. The van der Waals surface area contributed by atoms with E-state index in [1.807, 2.05) is 0 Å². The minimum atomic E-state index is -0.0799. The number of rotatable bonds is 2. The number of hydrogen-bond acceptors (Lipinski definition) is 3. The molecule has 1 heterocycles. The van der Waals surface area contributed by atoms with E-state index in [0.717, 1.165) is 19.5 Å². The number of phenolic OH excluding ortho intramolecular Hbond substituents is 1. The fourth-order valence-corrected chi connectivity index (χ4v) is 1.66. The van der Waals surface area contributed by atoms with E-state index in [0.29, 0.717) is 5.56 Å². The summed E-state index contributed by atoms with van der Waals surface area (Å²) in [5, 5.41) is 15.2. The zero-order valence-electron chi connectivity index (χ0n) is 8.36. The van der Waals surface area contributed by atoms with Crippen molar-refractivity contribution in [3.63, 3.8) is 0 Å². The molecule has 1 saturated heterocycles. The molecule has 0 bridgehead atoms. The third kappa shape index (κ3) is 2.47. The smallest absolute Gasteiger partial charge is 0.251 e. The summed E-state index contributed by atoms with van der Waals surface area (Å²) in [6.07, 6.45) is 0.976. The third-order valence-electron chi connectivity index (χ3n) is 2.53. The topological polar surface area (TPSA) is 61.4 Å². The van der Waals surface area contributed by atoms with Crippen molar-refractivity contribution in [2.24, 2.45) is 0 Å². The van der Waals surface area contributed by atoms with Gasteiger partial charge in [-0.3, -0.25) is 4.79 Å². The van der Waals surface area contributed by atoms with E-state index in [9.17, 15) is 4.79 Å². The van der Waals surface area contributed by atoms with E-state index in [1.54, 1.807) is 12.1 Å². The van der Waals surface area contributed by atoms with E-state index in [4.69, 9.17) is 5.11 Å². The number of benzene rings is 1. The fraction of sp³-hybridized carbons (Fsp3) is 0.364. The van der Waals surface area contributed by atoms with E-state index in [2.05, 4.69) is 10.6 Å². The molecule has 0 radical (unpaired) electrons. The zero-order chi connectivity index (χ0) is 10.7. The summed E-state index contributed by atoms with van der Waals surface area (Å²) in [4.78, 5) is 11.7. The number of carbonyl (C=O) groups excluding carboxylic acids is 1. The van der Waals surface area contributed by atoms with Crippen LogP contribution in [0.5, 0.6) is 5.75 Å². The summed E-state index contributed by atoms with van der Waals surface area (Å²) >= 11 is 0. The Morgan fingerprint density at radius 3 is 2.73 bits per heavy atom. The lowest BCUT2D eigenvalue weighted by Crippen LogP contribution is -2.36. The molecular formula is C11H14N2O2. The number of hydrogen-bond donors (Lipinski definition) is 3. The minimum absolute atomic E-state index is 0.0799. The van der Waals surface area contributed by atoms with E-state index >= 15 is 0 Å². The average molecular weight is 206 g/mol. The summed E-state index contributed by atoms with van der Waals surface area (Å²) in [7, 11) is 0. The molecule has 0 spiro atoms. The Morgan fingerprint density at radius 1 is 1.40 bits per heavy atom. The monoisotopic (exact) mass is 206 g/mol. The Hall–Kier alpha value is -1.55. The first-order valence-corrected chi connectivity index (χ1v) is 5.06. The lowest BCUT2D eigenvalue weighted by atomic mass is 10.2. The molecule has 80 valence electrons. The van der Waals surface area contributed by atoms with Crippen molar-refractivity contribution in [2.75, 3.05) is 13.1 Å². The van der Waals surface area contributed by atoms with Gasteiger partial charge in [0.2, 0.25) is 0 Å². The van der Waals surface area contributed by atoms with Gasteiger partial charge in [-0.25, -0.2) is 0 Å². The zero-order valence-corrected chi connectivity index (χ0v) is 8.36. The second kappa shape index (κ2) is 4.31. The van der Waals surface area contributed by atoms with Crippen LogP contribution in [0.25, 0.3) is 0 Å². The quantitative estimate of drug-likeness (QED) is 0.659. The van der Waals surface area contributed by atoms with Gasteiger partial charge in [-0.2, -0.15) is 0 Å². The highest BCUT2D eigenvalue weighted by Crippen LogP contribution is 2.10. The van der Waals surface area contributed by atoms with Gasteiger partial charge in [0.15, 0.2) is 0 Å². The molecule has 0 saturated carbocycles. The van der Waals surface area contributed by atoms with Gasteiger partial charge in [0.25, 0.3) is 5.91 Å². The first-order valence-electron chi connectivity index (χ1n) is 5.06. The van der Waals surface area contributed by atoms with E-state index in [1.165, 1.54) is 12.1 Å². The maximum Gasteiger partial charge on any atom is 0.251 e. The second-order valence-corrected chi connectivity index (χ2v) is 3.71. The number of carbonyl (C=O) groups is 1. The third-order valence-corrected chi connectivity index (χ3v) is 2.53. The van der Waals surface area contributed by atoms with Gasteiger partial charge in [0.05, 0.1) is 0 Å². The molecule has 3 N–H and O–H groups in total. The van der Waals surface area contributed by atoms with Crippen molar-refractivity contribution in [2.45, 2.75) is 12.5 Å². The Morgan fingerprint density at radius 2 is 2.13 bits per heavy atom. The van der Waals surface area contributed by atoms with Crippen molar-refractivity contribution in [1.29, 1.82) is 0 Å². The summed E-state index contributed by atoms with van der Waals surface area (Å²) in [6.45, 7) is 1.80. The summed E-state index contributed by atoms with van der Waals surface area (Å²) < 4.78 is 0. The maximum atomic E-state index is 11.7. The van der Waals surface area contributed by atoms with Gasteiger partial charge >= 0.3 is 0 Å². The fourth-order valence-electron chi connectivity index (χ4n) is 1.66. The normalized spacial score (nSPS) is 20.1. The standard InChI is InChI=1S/C11H14N2O2/c14-10-3-1-8(2-4-10)11(15)13-9-5-6-12-7-9/h1-4,9,12,14H,5-7H2,(H,13,15)/t9-/m1/s1. The van der Waals surface area contributed by atoms with Crippen LogP contribution in [-0.4, -0.2) is 30.1 Å². The molecule has 1 fully saturated rings. The van der Waals surface area contributed by atoms with Crippen molar-refractivity contribution in [3.8, 4) is 5.75 Å². The van der Waals surface area contributed by atoms with Gasteiger partial charge in [0.1, 0.15) is 5.75 Å². The van der Waals surface area contributed by atoms with Crippen LogP contribution in [0.4, 0.5) is 0 Å². The van der Waals surface area contributed by atoms with Crippen LogP contribution in [0.2, 0.25) is 0 Å². The highest BCUT2D eigenvalue weighted by Gasteiger charge is 2.17. The molecule has 1 aromatic rings. The lowest BCUT2D eigenvalue weighted by molar-refractivity contribution is 0.0940. The predicted octanol–water partition coefficient (Wildman–Crippen LogP) is 0.484. The number of phenols is 1. The Labute approximate surface area is 88.3 Å². The van der Waals surface area contributed by atoms with Crippen LogP contribution in [0, 0.1) is 0 Å². The highest BCUT2D eigenvalue weighted by atomic mass is 16.3. The first kappa shape index (κ1) is 9.98. The van der Waals surface area contributed by atoms with Gasteiger partial charge in [-0.15, -0.1) is 0 Å². The molecule has 15 heavy (non-hydrogen) atoms. The van der Waals surface area contributed by atoms with Gasteiger partial charge in [-0.1, -0.05) is 0 Å². The number of aromatic hydroxyl groups is 1. The Kier molecular flexibility index (Phi) is 2.87. The predicted molar refractivity (Wildman–Crippen MR) is 56.8 cm³/mol. The van der Waals surface area contributed by atoms with Crippen molar-refractivity contribution < 1.29 is 9.90 Å². The highest BCUT2D eigenvalue weighted by molar-refractivity contribution is 5.94.